The highest BCUT2D eigenvalue weighted by Gasteiger charge is 2.41. The van der Waals surface area contributed by atoms with Gasteiger partial charge in [0, 0.05) is 38.4 Å². The van der Waals surface area contributed by atoms with Crippen LogP contribution in [-0.4, -0.2) is 63.1 Å². The summed E-state index contributed by atoms with van der Waals surface area (Å²) < 4.78 is 5.25. The summed E-state index contributed by atoms with van der Waals surface area (Å²) >= 11 is 0. The van der Waals surface area contributed by atoms with Gasteiger partial charge in [-0.15, -0.1) is 0 Å². The van der Waals surface area contributed by atoms with Crippen LogP contribution < -0.4 is 0 Å². The highest BCUT2D eigenvalue weighted by Crippen LogP contribution is 2.30. The molecule has 1 atom stereocenters. The first kappa shape index (κ1) is 17.1. The smallest absolute Gasteiger partial charge is 0.232 e. The van der Waals surface area contributed by atoms with E-state index in [0.29, 0.717) is 30.7 Å². The van der Waals surface area contributed by atoms with Gasteiger partial charge in [0.1, 0.15) is 0 Å². The number of carbonyl (C=O) groups is 1. The monoisotopic (exact) mass is 355 g/mol. The Bertz CT molecular complexity index is 784. The fourth-order valence-corrected chi connectivity index (χ4v) is 3.90. The van der Waals surface area contributed by atoms with Gasteiger partial charge < -0.3 is 9.42 Å². The van der Waals surface area contributed by atoms with Crippen molar-refractivity contribution in [2.75, 3.05) is 26.2 Å². The van der Waals surface area contributed by atoms with Gasteiger partial charge in [0.25, 0.3) is 0 Å². The molecule has 26 heavy (non-hydrogen) atoms. The Kier molecular flexibility index (Phi) is 4.72. The Morgan fingerprint density at radius 3 is 2.85 bits per heavy atom. The normalized spacial score (nSPS) is 21.4. The number of rotatable bonds is 6. The van der Waals surface area contributed by atoms with Crippen LogP contribution in [-0.2, 0) is 11.2 Å². The molecule has 1 amide bonds. The predicted molar refractivity (Wildman–Crippen MR) is 95.6 cm³/mol. The number of hydrogen-bond donors (Lipinski definition) is 0. The van der Waals surface area contributed by atoms with E-state index in [1.165, 1.54) is 11.1 Å². The Balaban J connectivity index is 1.22. The maximum atomic E-state index is 12.4. The molecule has 0 radical (unpaired) electrons. The lowest BCUT2D eigenvalue weighted by molar-refractivity contribution is -0.132. The molecule has 138 valence electrons. The summed E-state index contributed by atoms with van der Waals surface area (Å²) in [5, 5.41) is 3.84. The number of pyridine rings is 1. The van der Waals surface area contributed by atoms with E-state index >= 15 is 0 Å². The molecule has 0 bridgehead atoms. The second-order valence-electron chi connectivity index (χ2n) is 7.45. The zero-order valence-electron chi connectivity index (χ0n) is 15.4. The van der Waals surface area contributed by atoms with Crippen molar-refractivity contribution in [1.29, 1.82) is 0 Å². The summed E-state index contributed by atoms with van der Waals surface area (Å²) in [6.45, 7) is 7.64. The van der Waals surface area contributed by atoms with Crippen molar-refractivity contribution in [2.45, 2.75) is 45.1 Å². The lowest BCUT2D eigenvalue weighted by atomic mass is 10.0. The molecule has 0 N–H and O–H groups in total. The second-order valence-corrected chi connectivity index (χ2v) is 7.45. The third-order valence-electron chi connectivity index (χ3n) is 5.50. The van der Waals surface area contributed by atoms with Crippen LogP contribution >= 0.6 is 0 Å². The molecule has 2 aliphatic rings. The minimum atomic E-state index is 0.0475. The second kappa shape index (κ2) is 7.15. The molecule has 7 heteroatoms. The van der Waals surface area contributed by atoms with Gasteiger partial charge in [0.15, 0.2) is 5.82 Å². The molecule has 4 heterocycles. The Morgan fingerprint density at radius 2 is 2.12 bits per heavy atom. The van der Waals surface area contributed by atoms with Gasteiger partial charge in [0.05, 0.1) is 12.0 Å². The SMILES string of the molecule is Cc1noc(C2CC(=O)N(C3CN(CCCc4cnccc4C)C3)C2)n1. The lowest BCUT2D eigenvalue weighted by Gasteiger charge is -2.44. The molecule has 2 fully saturated rings. The highest BCUT2D eigenvalue weighted by molar-refractivity contribution is 5.80. The fourth-order valence-electron chi connectivity index (χ4n) is 3.90. The van der Waals surface area contributed by atoms with Crippen molar-refractivity contribution in [2.24, 2.45) is 0 Å². The summed E-state index contributed by atoms with van der Waals surface area (Å²) in [4.78, 5) is 25.3. The molecule has 2 saturated heterocycles. The first-order valence-electron chi connectivity index (χ1n) is 9.31. The molecule has 0 saturated carbocycles. The van der Waals surface area contributed by atoms with E-state index in [9.17, 15) is 4.79 Å². The van der Waals surface area contributed by atoms with Gasteiger partial charge in [-0.3, -0.25) is 14.7 Å². The third kappa shape index (κ3) is 3.49. The number of likely N-dealkylation sites (tertiary alicyclic amines) is 2. The van der Waals surface area contributed by atoms with Crippen LogP contribution in [0.2, 0.25) is 0 Å². The predicted octanol–water partition coefficient (Wildman–Crippen LogP) is 1.71. The number of amides is 1. The topological polar surface area (TPSA) is 75.4 Å². The van der Waals surface area contributed by atoms with E-state index in [0.717, 1.165) is 32.5 Å². The van der Waals surface area contributed by atoms with Crippen LogP contribution in [0.25, 0.3) is 0 Å². The van der Waals surface area contributed by atoms with Crippen molar-refractivity contribution in [3.63, 3.8) is 0 Å². The molecule has 2 aliphatic heterocycles. The van der Waals surface area contributed by atoms with E-state index in [-0.39, 0.29) is 11.8 Å². The molecule has 7 nitrogen and oxygen atoms in total. The summed E-state index contributed by atoms with van der Waals surface area (Å²) in [6.07, 6.45) is 6.48. The first-order chi connectivity index (χ1) is 12.6. The number of carbonyl (C=O) groups excluding carboxylic acids is 1. The summed E-state index contributed by atoms with van der Waals surface area (Å²) in [6, 6.07) is 2.40. The van der Waals surface area contributed by atoms with Crippen LogP contribution in [0.5, 0.6) is 0 Å². The molecular formula is C19H25N5O2. The zero-order chi connectivity index (χ0) is 18.1. The molecule has 0 aromatic carbocycles. The molecule has 4 rings (SSSR count). The maximum Gasteiger partial charge on any atom is 0.232 e. The largest absolute Gasteiger partial charge is 0.339 e. The Labute approximate surface area is 153 Å². The zero-order valence-corrected chi connectivity index (χ0v) is 15.4. The number of nitrogens with zero attached hydrogens (tertiary/aromatic N) is 5. The van der Waals surface area contributed by atoms with Crippen molar-refractivity contribution in [1.82, 2.24) is 24.9 Å². The van der Waals surface area contributed by atoms with Crippen molar-refractivity contribution >= 4 is 5.91 Å². The maximum absolute atomic E-state index is 12.4. The van der Waals surface area contributed by atoms with Crippen molar-refractivity contribution in [3.05, 3.63) is 41.3 Å². The van der Waals surface area contributed by atoms with Crippen molar-refractivity contribution in [3.8, 4) is 0 Å². The van der Waals surface area contributed by atoms with Crippen LogP contribution in [0.1, 0.15) is 41.6 Å². The summed E-state index contributed by atoms with van der Waals surface area (Å²) in [5.41, 5.74) is 2.64. The summed E-state index contributed by atoms with van der Waals surface area (Å²) in [5.74, 6) is 1.48. The Hall–Kier alpha value is -2.28. The molecular weight excluding hydrogens is 330 g/mol. The van der Waals surface area contributed by atoms with Gasteiger partial charge in [-0.2, -0.15) is 4.98 Å². The molecule has 2 aromatic rings. The van der Waals surface area contributed by atoms with Gasteiger partial charge in [-0.1, -0.05) is 5.16 Å². The van der Waals surface area contributed by atoms with Crippen LogP contribution in [0.4, 0.5) is 0 Å². The minimum absolute atomic E-state index is 0.0475. The summed E-state index contributed by atoms with van der Waals surface area (Å²) in [7, 11) is 0. The van der Waals surface area contributed by atoms with E-state index in [1.54, 1.807) is 6.92 Å². The number of aromatic nitrogens is 3. The lowest BCUT2D eigenvalue weighted by Crippen LogP contribution is -2.59. The van der Waals surface area contributed by atoms with Crippen LogP contribution in [0.3, 0.4) is 0 Å². The average molecular weight is 355 g/mol. The first-order valence-corrected chi connectivity index (χ1v) is 9.31. The average Bonchev–Trinajstić information content (AvgIpc) is 3.17. The van der Waals surface area contributed by atoms with E-state index < -0.39 is 0 Å². The van der Waals surface area contributed by atoms with Crippen molar-refractivity contribution < 1.29 is 9.32 Å². The minimum Gasteiger partial charge on any atom is -0.339 e. The number of aryl methyl sites for hydroxylation is 3. The highest BCUT2D eigenvalue weighted by atomic mass is 16.5. The molecule has 0 aliphatic carbocycles. The molecule has 0 spiro atoms. The van der Waals surface area contributed by atoms with Gasteiger partial charge >= 0.3 is 0 Å². The van der Waals surface area contributed by atoms with Gasteiger partial charge in [-0.05, 0) is 50.4 Å². The van der Waals surface area contributed by atoms with Crippen LogP contribution in [0.15, 0.2) is 23.0 Å². The number of hydrogen-bond acceptors (Lipinski definition) is 6. The standard InChI is InChI=1S/C19H25N5O2/c1-13-5-6-20-9-15(13)4-3-7-23-11-17(12-23)24-10-16(8-18(24)25)19-21-14(2)22-26-19/h5-6,9,16-17H,3-4,7-8,10-12H2,1-2H3. The molecule has 1 unspecified atom stereocenters. The third-order valence-corrected chi connectivity index (χ3v) is 5.50. The van der Waals surface area contributed by atoms with E-state index in [1.807, 2.05) is 17.3 Å². The van der Waals surface area contributed by atoms with E-state index in [2.05, 4.69) is 33.0 Å². The quantitative estimate of drug-likeness (QED) is 0.785. The van der Waals surface area contributed by atoms with Gasteiger partial charge in [-0.25, -0.2) is 0 Å². The molecule has 2 aromatic heterocycles. The Morgan fingerprint density at radius 1 is 1.27 bits per heavy atom. The van der Waals surface area contributed by atoms with E-state index in [4.69, 9.17) is 4.52 Å². The van der Waals surface area contributed by atoms with Crippen LogP contribution in [0, 0.1) is 13.8 Å². The fraction of sp³-hybridized carbons (Fsp3) is 0.579. The van der Waals surface area contributed by atoms with Gasteiger partial charge in [0.2, 0.25) is 11.8 Å².